The summed E-state index contributed by atoms with van der Waals surface area (Å²) in [6.07, 6.45) is 3.45. The molecule has 2 N–H and O–H groups in total. The summed E-state index contributed by atoms with van der Waals surface area (Å²) in [5.74, 6) is 0.408. The van der Waals surface area contributed by atoms with E-state index in [0.717, 1.165) is 35.4 Å². The average molecular weight is 435 g/mol. The molecule has 2 aliphatic rings. The first kappa shape index (κ1) is 22.1. The molecule has 6 heteroatoms. The Morgan fingerprint density at radius 2 is 1.97 bits per heavy atom. The Hall–Kier alpha value is -3.12. The van der Waals surface area contributed by atoms with Crippen LogP contribution >= 0.6 is 0 Å². The number of aliphatic hydroxyl groups excluding tert-OH is 1. The van der Waals surface area contributed by atoms with Crippen LogP contribution in [0.5, 0.6) is 5.75 Å². The minimum Gasteiger partial charge on any atom is -0.497 e. The van der Waals surface area contributed by atoms with Crippen LogP contribution in [-0.4, -0.2) is 53.5 Å². The Labute approximate surface area is 188 Å². The number of benzene rings is 2. The van der Waals surface area contributed by atoms with Gasteiger partial charge < -0.3 is 20.1 Å². The fourth-order valence-electron chi connectivity index (χ4n) is 4.50. The van der Waals surface area contributed by atoms with Crippen LogP contribution in [0.1, 0.15) is 58.5 Å². The number of nitrogens with one attached hydrogen (secondary N) is 1. The summed E-state index contributed by atoms with van der Waals surface area (Å²) in [7, 11) is 1.63. The zero-order valence-corrected chi connectivity index (χ0v) is 18.9. The number of aliphatic hydroxyl groups is 1. The lowest BCUT2D eigenvalue weighted by molar-refractivity contribution is 0.0473. The van der Waals surface area contributed by atoms with Crippen molar-refractivity contribution in [3.05, 3.63) is 70.8 Å². The predicted octanol–water partition coefficient (Wildman–Crippen LogP) is 3.44. The highest BCUT2D eigenvalue weighted by atomic mass is 16.5. The Balaban J connectivity index is 1.63. The molecule has 168 valence electrons. The molecule has 2 heterocycles. The van der Waals surface area contributed by atoms with Gasteiger partial charge in [-0.1, -0.05) is 18.2 Å². The predicted molar refractivity (Wildman–Crippen MR) is 124 cm³/mol. The van der Waals surface area contributed by atoms with Crippen molar-refractivity contribution in [1.29, 1.82) is 0 Å². The number of carbonyl (C=O) groups is 2. The lowest BCUT2D eigenvalue weighted by Gasteiger charge is -2.35. The minimum atomic E-state index is -0.486. The molecule has 1 amide bonds. The molecule has 2 aliphatic heterocycles. The van der Waals surface area contributed by atoms with E-state index in [9.17, 15) is 14.7 Å². The van der Waals surface area contributed by atoms with E-state index in [1.54, 1.807) is 42.4 Å². The third-order valence-electron chi connectivity index (χ3n) is 6.07. The highest BCUT2D eigenvalue weighted by Gasteiger charge is 2.29. The standard InChI is InChI=1S/C26H30N2O4/c1-26(2)15-19-9-10-21(32-3)13-22(19)23(27-26)14-24(30)17-6-4-7-18(12-17)25(31)28-11-5-8-20(29)16-28/h4,6-7,9-10,12-14,20,27,29H,5,8,11,15-16H2,1-3H3/b23-14-. The topological polar surface area (TPSA) is 78.9 Å². The fraction of sp³-hybridized carbons (Fsp3) is 0.385. The molecule has 6 nitrogen and oxygen atoms in total. The highest BCUT2D eigenvalue weighted by molar-refractivity contribution is 6.10. The number of fused-ring (bicyclic) bond motifs is 1. The Bertz CT molecular complexity index is 1070. The lowest BCUT2D eigenvalue weighted by atomic mass is 9.85. The number of methoxy groups -OCH3 is 1. The van der Waals surface area contributed by atoms with Crippen molar-refractivity contribution >= 4 is 17.4 Å². The molecule has 2 aromatic rings. The average Bonchev–Trinajstić information content (AvgIpc) is 2.77. The lowest BCUT2D eigenvalue weighted by Crippen LogP contribution is -2.43. The molecule has 1 fully saturated rings. The monoisotopic (exact) mass is 434 g/mol. The van der Waals surface area contributed by atoms with Crippen LogP contribution in [0.2, 0.25) is 0 Å². The van der Waals surface area contributed by atoms with Crippen LogP contribution in [0.15, 0.2) is 48.5 Å². The van der Waals surface area contributed by atoms with Crippen molar-refractivity contribution in [1.82, 2.24) is 10.2 Å². The van der Waals surface area contributed by atoms with Gasteiger partial charge in [0, 0.05) is 47.1 Å². The number of likely N-dealkylation sites (tertiary alicyclic amines) is 1. The summed E-state index contributed by atoms with van der Waals surface area (Å²) in [5, 5.41) is 13.4. The molecule has 0 spiro atoms. The molecule has 1 atom stereocenters. The largest absolute Gasteiger partial charge is 0.497 e. The summed E-state index contributed by atoms with van der Waals surface area (Å²) in [5.41, 5.74) is 3.57. The van der Waals surface area contributed by atoms with Gasteiger partial charge in [-0.2, -0.15) is 0 Å². The van der Waals surface area contributed by atoms with Gasteiger partial charge >= 0.3 is 0 Å². The Morgan fingerprint density at radius 3 is 2.72 bits per heavy atom. The molecule has 0 bridgehead atoms. The normalized spacial score (nSPS) is 20.9. The van der Waals surface area contributed by atoms with Crippen LogP contribution in [0, 0.1) is 0 Å². The maximum Gasteiger partial charge on any atom is 0.253 e. The summed E-state index contributed by atoms with van der Waals surface area (Å²) in [6, 6.07) is 12.7. The maximum absolute atomic E-state index is 13.2. The second kappa shape index (κ2) is 8.79. The quantitative estimate of drug-likeness (QED) is 0.569. The summed E-state index contributed by atoms with van der Waals surface area (Å²) < 4.78 is 5.38. The van der Waals surface area contributed by atoms with E-state index in [1.165, 1.54) is 0 Å². The number of amides is 1. The van der Waals surface area contributed by atoms with Crippen LogP contribution in [0.3, 0.4) is 0 Å². The maximum atomic E-state index is 13.2. The molecule has 2 aromatic carbocycles. The van der Waals surface area contributed by atoms with Crippen molar-refractivity contribution in [2.45, 2.75) is 44.8 Å². The Kier molecular flexibility index (Phi) is 6.07. The Morgan fingerprint density at radius 1 is 1.19 bits per heavy atom. The molecule has 0 saturated carbocycles. The van der Waals surface area contributed by atoms with Gasteiger partial charge in [0.25, 0.3) is 5.91 Å². The van der Waals surface area contributed by atoms with E-state index in [4.69, 9.17) is 4.74 Å². The molecular weight excluding hydrogens is 404 g/mol. The molecule has 1 saturated heterocycles. The van der Waals surface area contributed by atoms with Gasteiger partial charge in [0.2, 0.25) is 0 Å². The third kappa shape index (κ3) is 4.70. The second-order valence-corrected chi connectivity index (χ2v) is 9.26. The fourth-order valence-corrected chi connectivity index (χ4v) is 4.50. The minimum absolute atomic E-state index is 0.155. The van der Waals surface area contributed by atoms with E-state index in [2.05, 4.69) is 19.2 Å². The van der Waals surface area contributed by atoms with Crippen LogP contribution in [-0.2, 0) is 6.42 Å². The zero-order valence-electron chi connectivity index (χ0n) is 18.9. The third-order valence-corrected chi connectivity index (χ3v) is 6.07. The first-order chi connectivity index (χ1) is 15.3. The van der Waals surface area contributed by atoms with Gasteiger partial charge in [0.15, 0.2) is 5.78 Å². The van der Waals surface area contributed by atoms with Crippen molar-refractivity contribution < 1.29 is 19.4 Å². The number of hydrogen-bond acceptors (Lipinski definition) is 5. The summed E-state index contributed by atoms with van der Waals surface area (Å²) >= 11 is 0. The number of ether oxygens (including phenoxy) is 1. The van der Waals surface area contributed by atoms with Gasteiger partial charge in [-0.3, -0.25) is 9.59 Å². The van der Waals surface area contributed by atoms with Crippen molar-refractivity contribution in [3.8, 4) is 5.75 Å². The van der Waals surface area contributed by atoms with Gasteiger partial charge in [-0.15, -0.1) is 0 Å². The molecule has 0 aromatic heterocycles. The number of carbonyl (C=O) groups excluding carboxylic acids is 2. The van der Waals surface area contributed by atoms with Crippen molar-refractivity contribution in [2.24, 2.45) is 0 Å². The van der Waals surface area contributed by atoms with Crippen molar-refractivity contribution in [2.75, 3.05) is 20.2 Å². The first-order valence-corrected chi connectivity index (χ1v) is 11.0. The van der Waals surface area contributed by atoms with E-state index in [0.29, 0.717) is 30.6 Å². The molecule has 4 rings (SSSR count). The molecular formula is C26H30N2O4. The molecule has 32 heavy (non-hydrogen) atoms. The SMILES string of the molecule is COc1ccc2c(c1)/C(=C/C(=O)c1cccc(C(=O)N3CCCC(O)C3)c1)NC(C)(C)C2. The van der Waals surface area contributed by atoms with E-state index in [-0.39, 0.29) is 17.2 Å². The van der Waals surface area contributed by atoms with Crippen LogP contribution in [0.4, 0.5) is 0 Å². The summed E-state index contributed by atoms with van der Waals surface area (Å²) in [6.45, 7) is 5.16. The number of piperidine rings is 1. The smallest absolute Gasteiger partial charge is 0.253 e. The zero-order chi connectivity index (χ0) is 22.9. The number of hydrogen-bond donors (Lipinski definition) is 2. The van der Waals surface area contributed by atoms with Gasteiger partial charge in [-0.25, -0.2) is 0 Å². The number of β-amino-alcohol motifs (C(OH)–C–C–N with tert-alkyl or cyclic N) is 1. The first-order valence-electron chi connectivity index (χ1n) is 11.0. The summed E-state index contributed by atoms with van der Waals surface area (Å²) in [4.78, 5) is 27.7. The molecule has 0 aliphatic carbocycles. The van der Waals surface area contributed by atoms with E-state index in [1.807, 2.05) is 18.2 Å². The molecule has 1 unspecified atom stereocenters. The van der Waals surface area contributed by atoms with E-state index < -0.39 is 6.10 Å². The van der Waals surface area contributed by atoms with Crippen LogP contribution in [0.25, 0.3) is 5.70 Å². The highest BCUT2D eigenvalue weighted by Crippen LogP contribution is 2.32. The van der Waals surface area contributed by atoms with Gasteiger partial charge in [0.1, 0.15) is 5.75 Å². The number of rotatable bonds is 4. The van der Waals surface area contributed by atoms with Crippen LogP contribution < -0.4 is 10.1 Å². The van der Waals surface area contributed by atoms with Gasteiger partial charge in [0.05, 0.1) is 13.2 Å². The molecule has 0 radical (unpaired) electrons. The second-order valence-electron chi connectivity index (χ2n) is 9.26. The van der Waals surface area contributed by atoms with E-state index >= 15 is 0 Å². The number of allylic oxidation sites excluding steroid dienone is 1. The number of nitrogens with zero attached hydrogens (tertiary/aromatic N) is 1. The van der Waals surface area contributed by atoms with Gasteiger partial charge in [-0.05, 0) is 62.9 Å². The van der Waals surface area contributed by atoms with Crippen molar-refractivity contribution in [3.63, 3.8) is 0 Å². The number of ketones is 1.